The molecule has 0 unspecified atom stereocenters. The first-order chi connectivity index (χ1) is 17.0. The van der Waals surface area contributed by atoms with E-state index in [0.29, 0.717) is 29.9 Å². The van der Waals surface area contributed by atoms with Gasteiger partial charge in [-0.15, -0.1) is 0 Å². The Balaban J connectivity index is 1.60. The molecule has 1 aliphatic carbocycles. The van der Waals surface area contributed by atoms with Gasteiger partial charge in [0, 0.05) is 35.0 Å². The van der Waals surface area contributed by atoms with E-state index in [1.807, 2.05) is 36.4 Å². The lowest BCUT2D eigenvalue weighted by atomic mass is 9.82. The van der Waals surface area contributed by atoms with E-state index in [4.69, 9.17) is 26.5 Å². The molecule has 0 radical (unpaired) electrons. The van der Waals surface area contributed by atoms with Crippen molar-refractivity contribution in [3.8, 4) is 22.4 Å². The van der Waals surface area contributed by atoms with E-state index in [-0.39, 0.29) is 13.2 Å². The summed E-state index contributed by atoms with van der Waals surface area (Å²) in [6, 6.07) is 18.1. The molecule has 7 heteroatoms. The molecular formula is C28H33ClN2O4. The number of ether oxygens (including phenoxy) is 1. The second-order valence-electron chi connectivity index (χ2n) is 9.35. The first kappa shape index (κ1) is 25.4. The summed E-state index contributed by atoms with van der Waals surface area (Å²) in [5.41, 5.74) is 5.26. The summed E-state index contributed by atoms with van der Waals surface area (Å²) in [5, 5.41) is 24.2. The van der Waals surface area contributed by atoms with E-state index in [1.54, 1.807) is 0 Å². The number of hydrogen-bond acceptors (Lipinski definition) is 4. The molecule has 1 saturated carbocycles. The molecule has 186 valence electrons. The van der Waals surface area contributed by atoms with Gasteiger partial charge >= 0.3 is 5.97 Å². The highest BCUT2D eigenvalue weighted by atomic mass is 35.5. The van der Waals surface area contributed by atoms with Crippen LogP contribution in [0.4, 0.5) is 0 Å². The van der Waals surface area contributed by atoms with E-state index in [2.05, 4.69) is 22.9 Å². The molecule has 1 heterocycles. The van der Waals surface area contributed by atoms with Crippen LogP contribution in [0.2, 0.25) is 5.02 Å². The molecule has 6 nitrogen and oxygen atoms in total. The van der Waals surface area contributed by atoms with Gasteiger partial charge in [0.25, 0.3) is 0 Å². The zero-order valence-electron chi connectivity index (χ0n) is 19.9. The Hall–Kier alpha value is -2.67. The molecule has 1 aliphatic rings. The molecule has 0 bridgehead atoms. The summed E-state index contributed by atoms with van der Waals surface area (Å²) in [7, 11) is 0. The zero-order chi connectivity index (χ0) is 24.6. The van der Waals surface area contributed by atoms with Gasteiger partial charge < -0.3 is 14.9 Å². The van der Waals surface area contributed by atoms with Crippen molar-refractivity contribution < 1.29 is 19.7 Å². The van der Waals surface area contributed by atoms with E-state index >= 15 is 0 Å². The molecule has 1 fully saturated rings. The minimum Gasteiger partial charge on any atom is -0.480 e. The van der Waals surface area contributed by atoms with Crippen molar-refractivity contribution >= 4 is 17.6 Å². The van der Waals surface area contributed by atoms with Crippen LogP contribution in [0.3, 0.4) is 0 Å². The third-order valence-corrected chi connectivity index (χ3v) is 7.00. The number of benzene rings is 2. The maximum atomic E-state index is 10.7. The van der Waals surface area contributed by atoms with Crippen molar-refractivity contribution in [2.75, 3.05) is 19.8 Å². The molecule has 0 amide bonds. The number of halogens is 1. The minimum absolute atomic E-state index is 0.127. The lowest BCUT2D eigenvalue weighted by molar-refractivity contribution is -0.142. The molecule has 3 aromatic rings. The van der Waals surface area contributed by atoms with Crippen molar-refractivity contribution in [3.05, 3.63) is 65.3 Å². The highest BCUT2D eigenvalue weighted by molar-refractivity contribution is 6.30. The van der Waals surface area contributed by atoms with Crippen LogP contribution in [0.1, 0.15) is 37.8 Å². The van der Waals surface area contributed by atoms with Crippen molar-refractivity contribution in [1.29, 1.82) is 0 Å². The molecule has 0 saturated heterocycles. The maximum absolute atomic E-state index is 10.7. The molecule has 35 heavy (non-hydrogen) atoms. The fourth-order valence-electron chi connectivity index (χ4n) is 5.03. The number of aromatic nitrogens is 2. The Bertz CT molecular complexity index is 1110. The van der Waals surface area contributed by atoms with Gasteiger partial charge in [-0.1, -0.05) is 54.1 Å². The van der Waals surface area contributed by atoms with Crippen LogP contribution in [0.5, 0.6) is 0 Å². The Morgan fingerprint density at radius 3 is 2.43 bits per heavy atom. The summed E-state index contributed by atoms with van der Waals surface area (Å²) in [5.74, 6) is -0.00850. The normalized spacial score (nSPS) is 18.0. The lowest BCUT2D eigenvalue weighted by Gasteiger charge is -2.28. The average Bonchev–Trinajstić information content (AvgIpc) is 3.22. The minimum atomic E-state index is -0.919. The number of aliphatic carboxylic acids is 1. The summed E-state index contributed by atoms with van der Waals surface area (Å²) < 4.78 is 7.48. The van der Waals surface area contributed by atoms with Crippen molar-refractivity contribution in [2.45, 2.75) is 45.1 Å². The van der Waals surface area contributed by atoms with Crippen molar-refractivity contribution in [2.24, 2.45) is 11.8 Å². The largest absolute Gasteiger partial charge is 0.480 e. The first-order valence-corrected chi connectivity index (χ1v) is 12.7. The van der Waals surface area contributed by atoms with Gasteiger partial charge in [0.2, 0.25) is 0 Å². The van der Waals surface area contributed by atoms with Gasteiger partial charge in [0.05, 0.1) is 6.61 Å². The molecular weight excluding hydrogens is 464 g/mol. The Morgan fingerprint density at radius 2 is 1.74 bits per heavy atom. The molecule has 0 spiro atoms. The van der Waals surface area contributed by atoms with Crippen molar-refractivity contribution in [1.82, 2.24) is 9.78 Å². The van der Waals surface area contributed by atoms with Crippen LogP contribution >= 0.6 is 11.6 Å². The number of aliphatic hydroxyl groups is 1. The third-order valence-electron chi connectivity index (χ3n) is 6.77. The standard InChI is InChI=1S/C28H33ClN2O4/c29-24-9-4-8-23(16-24)27-25(10-5-15-32)31(30-28(27)22-6-2-1-3-7-22)17-20-11-13-21(14-12-20)18-35-19-26(33)34/h1-4,6-9,16,20-21,32H,5,10-15,17-19H2,(H,33,34)/t20-,21+. The van der Waals surface area contributed by atoms with Crippen LogP contribution in [-0.2, 0) is 22.5 Å². The van der Waals surface area contributed by atoms with Crippen LogP contribution in [0.15, 0.2) is 54.6 Å². The second-order valence-corrected chi connectivity index (χ2v) is 9.79. The van der Waals surface area contributed by atoms with Crippen LogP contribution in [0.25, 0.3) is 22.4 Å². The predicted molar refractivity (Wildman–Crippen MR) is 137 cm³/mol. The quantitative estimate of drug-likeness (QED) is 0.355. The van der Waals surface area contributed by atoms with Gasteiger partial charge in [-0.3, -0.25) is 4.68 Å². The van der Waals surface area contributed by atoms with Gasteiger partial charge in [0.1, 0.15) is 12.3 Å². The van der Waals surface area contributed by atoms with Gasteiger partial charge in [-0.25, -0.2) is 4.79 Å². The van der Waals surface area contributed by atoms with Crippen LogP contribution in [0, 0.1) is 11.8 Å². The number of rotatable bonds is 11. The molecule has 2 aromatic carbocycles. The summed E-state index contributed by atoms with van der Waals surface area (Å²) in [6.07, 6.45) is 5.59. The number of nitrogens with zero attached hydrogens (tertiary/aromatic N) is 2. The Labute approximate surface area is 211 Å². The highest BCUT2D eigenvalue weighted by Crippen LogP contribution is 2.38. The van der Waals surface area contributed by atoms with Crippen LogP contribution in [-0.4, -0.2) is 45.8 Å². The second kappa shape index (κ2) is 12.3. The topological polar surface area (TPSA) is 84.6 Å². The van der Waals surface area contributed by atoms with E-state index in [9.17, 15) is 9.90 Å². The average molecular weight is 497 g/mol. The van der Waals surface area contributed by atoms with Crippen LogP contribution < -0.4 is 0 Å². The fourth-order valence-corrected chi connectivity index (χ4v) is 5.22. The molecule has 2 N–H and O–H groups in total. The molecule has 0 aliphatic heterocycles. The summed E-state index contributed by atoms with van der Waals surface area (Å²) in [4.78, 5) is 10.7. The fraction of sp³-hybridized carbons (Fsp3) is 0.429. The lowest BCUT2D eigenvalue weighted by Crippen LogP contribution is -2.24. The Morgan fingerprint density at radius 1 is 1.03 bits per heavy atom. The molecule has 4 rings (SSSR count). The monoisotopic (exact) mass is 496 g/mol. The van der Waals surface area contributed by atoms with E-state index in [1.165, 1.54) is 0 Å². The zero-order valence-corrected chi connectivity index (χ0v) is 20.7. The summed E-state index contributed by atoms with van der Waals surface area (Å²) >= 11 is 6.37. The molecule has 1 aromatic heterocycles. The maximum Gasteiger partial charge on any atom is 0.329 e. The van der Waals surface area contributed by atoms with E-state index < -0.39 is 5.97 Å². The van der Waals surface area contributed by atoms with E-state index in [0.717, 1.165) is 66.7 Å². The van der Waals surface area contributed by atoms with Gasteiger partial charge in [-0.2, -0.15) is 5.10 Å². The number of carboxylic acids is 1. The third kappa shape index (κ3) is 6.72. The number of carbonyl (C=O) groups is 1. The predicted octanol–water partition coefficient (Wildman–Crippen LogP) is 5.70. The summed E-state index contributed by atoms with van der Waals surface area (Å²) in [6.45, 7) is 1.24. The smallest absolute Gasteiger partial charge is 0.329 e. The first-order valence-electron chi connectivity index (χ1n) is 12.4. The SMILES string of the molecule is O=C(O)COC[C@H]1CC[C@@H](Cn2nc(-c3ccccc3)c(-c3cccc(Cl)c3)c2CCCO)CC1. The van der Waals surface area contributed by atoms with Gasteiger partial charge in [-0.05, 0) is 68.1 Å². The number of carboxylic acid groups (broad SMARTS) is 1. The Kier molecular flexibility index (Phi) is 8.96. The number of hydrogen-bond donors (Lipinski definition) is 2. The highest BCUT2D eigenvalue weighted by Gasteiger charge is 2.26. The number of aliphatic hydroxyl groups excluding tert-OH is 1. The molecule has 0 atom stereocenters. The van der Waals surface area contributed by atoms with Crippen molar-refractivity contribution in [3.63, 3.8) is 0 Å². The van der Waals surface area contributed by atoms with Gasteiger partial charge in [0.15, 0.2) is 0 Å².